The summed E-state index contributed by atoms with van der Waals surface area (Å²) in [6, 6.07) is 76.5. The predicted molar refractivity (Wildman–Crippen MR) is 396 cm³/mol. The normalized spacial score (nSPS) is 13.4. The van der Waals surface area contributed by atoms with Crippen LogP contribution in [0.1, 0.15) is 13.7 Å². The third-order valence-corrected chi connectivity index (χ3v) is 18.9. The standard InChI is InChI=1S/C88H51N7O2/c1-89-70-52-69(88-91-86(56-29-13-5-14-30-56)90-87(92-88)57-31-15-6-16-32-57)81(94-73-44-39-58(53-23-7-2-8-24-53)50-67(73)79-75(94)46-42-64-63-35-19-22-38-77(63)96-84(64)79)83(93-71-36-20-17-33-61(71)62-34-18-21-37-72(62)93)82(70)95-74-45-40-59(54-25-9-3-10-26-54)51-68(74)80-76(95)47-43-65-66-49-60(55-27-11-4-12-28-55)41-48-78(66)97-85(65)80/h2-52H/i5D,6D,13D,14D,15D,16D,29D,30D,31D,32D. The third-order valence-electron chi connectivity index (χ3n) is 18.9. The number of aromatic nitrogens is 6. The monoisotopic (exact) mass is 1250 g/mol. The van der Waals surface area contributed by atoms with Gasteiger partial charge in [-0.2, -0.15) is 0 Å². The van der Waals surface area contributed by atoms with Crippen LogP contribution in [0.25, 0.3) is 199 Å². The van der Waals surface area contributed by atoms with Crippen LogP contribution in [0.2, 0.25) is 0 Å². The van der Waals surface area contributed by atoms with E-state index in [4.69, 9.17) is 32.0 Å². The first-order chi connectivity index (χ1) is 52.2. The quantitative estimate of drug-likeness (QED) is 0.134. The summed E-state index contributed by atoms with van der Waals surface area (Å²) in [6.07, 6.45) is 0. The molecule has 0 unspecified atom stereocenters. The van der Waals surface area contributed by atoms with Gasteiger partial charge in [-0.15, -0.1) is 0 Å². The lowest BCUT2D eigenvalue weighted by Gasteiger charge is -2.26. The van der Waals surface area contributed by atoms with Crippen molar-refractivity contribution in [1.82, 2.24) is 28.7 Å². The van der Waals surface area contributed by atoms with Crippen molar-refractivity contribution in [3.63, 3.8) is 0 Å². The summed E-state index contributed by atoms with van der Waals surface area (Å²) in [6.45, 7) is 9.90. The molecule has 6 heterocycles. The van der Waals surface area contributed by atoms with Crippen molar-refractivity contribution in [3.8, 4) is 84.6 Å². The Bertz CT molecular complexity index is 7140. The molecule has 9 heteroatoms. The summed E-state index contributed by atoms with van der Waals surface area (Å²) in [5.41, 5.74) is 12.9. The van der Waals surface area contributed by atoms with Crippen LogP contribution in [-0.2, 0) is 0 Å². The van der Waals surface area contributed by atoms with Gasteiger partial charge in [-0.25, -0.2) is 19.8 Å². The van der Waals surface area contributed by atoms with E-state index < -0.39 is 83.2 Å². The zero-order chi connectivity index (χ0) is 72.5. The Balaban J connectivity index is 1.03. The second-order valence-corrected chi connectivity index (χ2v) is 24.1. The van der Waals surface area contributed by atoms with Crippen LogP contribution in [0.5, 0.6) is 0 Å². The van der Waals surface area contributed by atoms with E-state index in [2.05, 4.69) is 134 Å². The van der Waals surface area contributed by atoms with Crippen molar-refractivity contribution in [2.24, 2.45) is 0 Å². The van der Waals surface area contributed by atoms with E-state index in [9.17, 15) is 12.1 Å². The van der Waals surface area contributed by atoms with Gasteiger partial charge in [0.1, 0.15) is 22.3 Å². The Morgan fingerprint density at radius 3 is 1.23 bits per heavy atom. The molecule has 0 aliphatic rings. The maximum absolute atomic E-state index is 9.90. The van der Waals surface area contributed by atoms with Gasteiger partial charge in [0.2, 0.25) is 5.69 Å². The Kier molecular flexibility index (Phi) is 9.88. The van der Waals surface area contributed by atoms with Crippen LogP contribution < -0.4 is 0 Å². The topological polar surface area (TPSA) is 84.1 Å². The van der Waals surface area contributed by atoms with Gasteiger partial charge in [0.05, 0.1) is 81.2 Å². The highest BCUT2D eigenvalue weighted by Gasteiger charge is 2.33. The Labute approximate surface area is 568 Å². The summed E-state index contributed by atoms with van der Waals surface area (Å²) in [4.78, 5) is 19.9. The molecule has 6 aromatic heterocycles. The van der Waals surface area contributed by atoms with Crippen molar-refractivity contribution in [1.29, 1.82) is 0 Å². The molecule has 20 aromatic rings. The molecule has 0 radical (unpaired) electrons. The summed E-state index contributed by atoms with van der Waals surface area (Å²) < 4.78 is 112. The maximum atomic E-state index is 9.90. The van der Waals surface area contributed by atoms with Crippen molar-refractivity contribution in [2.75, 3.05) is 0 Å². The molecular formula is C88H51N7O2. The highest BCUT2D eigenvalue weighted by molar-refractivity contribution is 6.27. The Morgan fingerprint density at radius 2 is 0.701 bits per heavy atom. The molecule has 0 amide bonds. The highest BCUT2D eigenvalue weighted by atomic mass is 16.3. The van der Waals surface area contributed by atoms with E-state index in [1.807, 2.05) is 127 Å². The van der Waals surface area contributed by atoms with Crippen molar-refractivity contribution < 1.29 is 22.5 Å². The molecule has 9 nitrogen and oxygen atoms in total. The first kappa shape index (κ1) is 45.0. The fourth-order valence-corrected chi connectivity index (χ4v) is 14.7. The van der Waals surface area contributed by atoms with Gasteiger partial charge in [0, 0.05) is 59.8 Å². The van der Waals surface area contributed by atoms with E-state index in [-0.39, 0.29) is 17.1 Å². The molecule has 97 heavy (non-hydrogen) atoms. The van der Waals surface area contributed by atoms with Crippen molar-refractivity contribution in [2.45, 2.75) is 0 Å². The van der Waals surface area contributed by atoms with Crippen LogP contribution in [-0.4, -0.2) is 28.7 Å². The molecule has 450 valence electrons. The minimum atomic E-state index is -0.697. The van der Waals surface area contributed by atoms with Gasteiger partial charge in [0.25, 0.3) is 0 Å². The molecule has 0 aliphatic heterocycles. The lowest BCUT2D eigenvalue weighted by molar-refractivity contribution is 0.672. The van der Waals surface area contributed by atoms with Crippen LogP contribution in [0, 0.1) is 6.57 Å². The van der Waals surface area contributed by atoms with E-state index in [1.165, 1.54) is 0 Å². The number of hydrogen-bond donors (Lipinski definition) is 0. The number of nitrogens with zero attached hydrogens (tertiary/aromatic N) is 7. The van der Waals surface area contributed by atoms with Crippen LogP contribution in [0.3, 0.4) is 0 Å². The minimum Gasteiger partial charge on any atom is -0.455 e. The molecule has 20 rings (SSSR count). The molecular weight excluding hydrogens is 1190 g/mol. The van der Waals surface area contributed by atoms with Crippen LogP contribution in [0.4, 0.5) is 5.69 Å². The summed E-state index contributed by atoms with van der Waals surface area (Å²) >= 11 is 0. The average Bonchev–Trinajstić information content (AvgIpc) is 1.52. The van der Waals surface area contributed by atoms with E-state index in [1.54, 1.807) is 6.07 Å². The Hall–Kier alpha value is -13.4. The molecule has 0 saturated carbocycles. The molecule has 0 atom stereocenters. The molecule has 0 bridgehead atoms. The largest absolute Gasteiger partial charge is 0.455 e. The van der Waals surface area contributed by atoms with Crippen molar-refractivity contribution >= 4 is 115 Å². The summed E-state index contributed by atoms with van der Waals surface area (Å²) in [5, 5.41) is 8.33. The number of fused-ring (bicyclic) bond motifs is 17. The lowest BCUT2D eigenvalue weighted by atomic mass is 10.0. The number of benzene rings is 14. The first-order valence-corrected chi connectivity index (χ1v) is 31.7. The van der Waals surface area contributed by atoms with Gasteiger partial charge in [0.15, 0.2) is 17.5 Å². The highest BCUT2D eigenvalue weighted by Crippen LogP contribution is 2.52. The predicted octanol–water partition coefficient (Wildman–Crippen LogP) is 23.5. The number of rotatable bonds is 9. The molecule has 0 saturated heterocycles. The smallest absolute Gasteiger partial charge is 0.213 e. The molecule has 0 N–H and O–H groups in total. The summed E-state index contributed by atoms with van der Waals surface area (Å²) in [7, 11) is 0. The summed E-state index contributed by atoms with van der Waals surface area (Å²) in [5.74, 6) is -1.22. The lowest BCUT2D eigenvalue weighted by Crippen LogP contribution is -2.12. The molecule has 0 aliphatic carbocycles. The molecule has 0 fully saturated rings. The Morgan fingerprint density at radius 1 is 0.299 bits per heavy atom. The van der Waals surface area contributed by atoms with Gasteiger partial charge >= 0.3 is 0 Å². The van der Waals surface area contributed by atoms with E-state index in [0.29, 0.717) is 61.5 Å². The zero-order valence-electron chi connectivity index (χ0n) is 61.1. The zero-order valence-corrected chi connectivity index (χ0v) is 51.1. The molecule has 0 spiro atoms. The SMILES string of the molecule is [2H]c1c([2H])c([2H])c(-c2nc(-c3cc([N+]#[C-])c(-n4c5ccc(-c6ccccc6)cc5c5c6oc7ccc(-c8ccccc8)cc7c6ccc54)c(-n4c5ccccc5c5ccccc54)c3-n3c4ccc(-c5ccccc5)cc4c4c5oc6ccccc6c5ccc43)nc(-c3c([2H])c([2H])c([2H])c([2H])c3[2H])n2)c([2H])c1[2H]. The van der Waals surface area contributed by atoms with Gasteiger partial charge in [-0.1, -0.05) is 224 Å². The third kappa shape index (κ3) is 8.27. The van der Waals surface area contributed by atoms with Gasteiger partial charge in [-0.05, 0) is 118 Å². The van der Waals surface area contributed by atoms with E-state index in [0.717, 1.165) is 98.3 Å². The van der Waals surface area contributed by atoms with Crippen molar-refractivity contribution in [3.05, 3.63) is 321 Å². The van der Waals surface area contributed by atoms with Crippen LogP contribution >= 0.6 is 0 Å². The minimum absolute atomic E-state index is 0.0599. The fraction of sp³-hybridized carbons (Fsp3) is 0. The van der Waals surface area contributed by atoms with Gasteiger partial charge < -0.3 is 22.5 Å². The van der Waals surface area contributed by atoms with E-state index >= 15 is 0 Å². The fourth-order valence-electron chi connectivity index (χ4n) is 14.7. The molecule has 14 aromatic carbocycles. The van der Waals surface area contributed by atoms with Gasteiger partial charge in [-0.3, -0.25) is 0 Å². The first-order valence-electron chi connectivity index (χ1n) is 36.7. The number of furan rings is 2. The maximum Gasteiger partial charge on any atom is 0.213 e. The second kappa shape index (κ2) is 21.3. The second-order valence-electron chi connectivity index (χ2n) is 24.1. The van der Waals surface area contributed by atoms with Crippen LogP contribution in [0.15, 0.2) is 318 Å². The number of para-hydroxylation sites is 3. The number of hydrogen-bond acceptors (Lipinski definition) is 5. The average molecular weight is 1250 g/mol.